The Labute approximate surface area is 120 Å². The molecule has 1 heterocycles. The lowest BCUT2D eigenvalue weighted by Crippen LogP contribution is -2.37. The highest BCUT2D eigenvalue weighted by atomic mass is 32.2. The van der Waals surface area contributed by atoms with Crippen LogP contribution in [-0.4, -0.2) is 31.9 Å². The maximum atomic E-state index is 11.9. The summed E-state index contributed by atoms with van der Waals surface area (Å²) < 4.78 is 26.4. The molecule has 1 saturated heterocycles. The number of hydrogen-bond acceptors (Lipinski definition) is 4. The first-order valence-electron chi connectivity index (χ1n) is 7.04. The van der Waals surface area contributed by atoms with Crippen molar-refractivity contribution in [1.82, 2.24) is 10.0 Å². The van der Waals surface area contributed by atoms with Crippen LogP contribution in [0.15, 0.2) is 24.3 Å². The second-order valence-electron chi connectivity index (χ2n) is 5.20. The monoisotopic (exact) mass is 298 g/mol. The number of rotatable bonds is 6. The molecule has 3 N–H and O–H groups in total. The second kappa shape index (κ2) is 7.06. The third-order valence-electron chi connectivity index (χ3n) is 3.62. The molecule has 1 aromatic carbocycles. The number of phenolic OH excluding ortho intramolecular Hbond substituents is 1. The molecule has 0 radical (unpaired) electrons. The molecule has 2 rings (SSSR count). The molecule has 0 aromatic heterocycles. The zero-order valence-corrected chi connectivity index (χ0v) is 12.3. The number of aromatic hydroxyl groups is 1. The summed E-state index contributed by atoms with van der Waals surface area (Å²) in [5, 5.41) is 12.9. The van der Waals surface area contributed by atoms with Gasteiger partial charge in [0.1, 0.15) is 5.75 Å². The van der Waals surface area contributed by atoms with Gasteiger partial charge in [0.25, 0.3) is 0 Å². The van der Waals surface area contributed by atoms with E-state index in [4.69, 9.17) is 0 Å². The van der Waals surface area contributed by atoms with E-state index >= 15 is 0 Å². The predicted molar refractivity (Wildman–Crippen MR) is 79.0 cm³/mol. The van der Waals surface area contributed by atoms with E-state index in [9.17, 15) is 13.5 Å². The molecule has 1 fully saturated rings. The van der Waals surface area contributed by atoms with E-state index in [0.29, 0.717) is 18.0 Å². The van der Waals surface area contributed by atoms with Gasteiger partial charge in [-0.25, -0.2) is 13.1 Å². The Morgan fingerprint density at radius 2 is 2.10 bits per heavy atom. The number of piperidine rings is 1. The van der Waals surface area contributed by atoms with Crippen LogP contribution in [0.4, 0.5) is 0 Å². The van der Waals surface area contributed by atoms with E-state index in [1.807, 2.05) is 0 Å². The molecule has 1 unspecified atom stereocenters. The van der Waals surface area contributed by atoms with Gasteiger partial charge in [0.05, 0.1) is 5.75 Å². The molecule has 0 saturated carbocycles. The van der Waals surface area contributed by atoms with E-state index < -0.39 is 10.0 Å². The number of phenols is 1. The first-order chi connectivity index (χ1) is 9.57. The van der Waals surface area contributed by atoms with Gasteiger partial charge in [0.15, 0.2) is 0 Å². The lowest BCUT2D eigenvalue weighted by molar-refractivity contribution is 0.392. The Balaban J connectivity index is 1.80. The van der Waals surface area contributed by atoms with Gasteiger partial charge >= 0.3 is 0 Å². The first-order valence-corrected chi connectivity index (χ1v) is 8.70. The molecule has 0 spiro atoms. The summed E-state index contributed by atoms with van der Waals surface area (Å²) in [6.45, 7) is 1.11. The SMILES string of the molecule is O=S(=O)(CCC1CCCCN1)NCc1ccccc1O. The number of sulfonamides is 1. The number of nitrogens with one attached hydrogen (secondary N) is 2. The average Bonchev–Trinajstić information content (AvgIpc) is 2.46. The van der Waals surface area contributed by atoms with Crippen LogP contribution in [0, 0.1) is 0 Å². The molecule has 0 bridgehead atoms. The highest BCUT2D eigenvalue weighted by molar-refractivity contribution is 7.89. The van der Waals surface area contributed by atoms with Crippen LogP contribution >= 0.6 is 0 Å². The fraction of sp³-hybridized carbons (Fsp3) is 0.571. The third-order valence-corrected chi connectivity index (χ3v) is 4.98. The lowest BCUT2D eigenvalue weighted by Gasteiger charge is -2.23. The molecule has 0 aliphatic carbocycles. The van der Waals surface area contributed by atoms with Gasteiger partial charge in [-0.3, -0.25) is 0 Å². The molecular weight excluding hydrogens is 276 g/mol. The summed E-state index contributed by atoms with van der Waals surface area (Å²) in [4.78, 5) is 0. The minimum absolute atomic E-state index is 0.115. The van der Waals surface area contributed by atoms with E-state index in [0.717, 1.165) is 13.0 Å². The Morgan fingerprint density at radius 1 is 1.30 bits per heavy atom. The minimum Gasteiger partial charge on any atom is -0.508 e. The third kappa shape index (κ3) is 4.77. The Hall–Kier alpha value is -1.11. The maximum absolute atomic E-state index is 11.9. The fourth-order valence-electron chi connectivity index (χ4n) is 2.39. The second-order valence-corrected chi connectivity index (χ2v) is 7.13. The van der Waals surface area contributed by atoms with Gasteiger partial charge in [-0.1, -0.05) is 24.6 Å². The first kappa shape index (κ1) is 15.3. The summed E-state index contributed by atoms with van der Waals surface area (Å²) in [6.07, 6.45) is 4.03. The topological polar surface area (TPSA) is 78.4 Å². The van der Waals surface area contributed by atoms with Crippen molar-refractivity contribution in [1.29, 1.82) is 0 Å². The minimum atomic E-state index is -3.30. The lowest BCUT2D eigenvalue weighted by atomic mass is 10.0. The Kier molecular flexibility index (Phi) is 5.39. The van der Waals surface area contributed by atoms with Crippen molar-refractivity contribution < 1.29 is 13.5 Å². The molecule has 0 amide bonds. The number of benzene rings is 1. The van der Waals surface area contributed by atoms with E-state index in [2.05, 4.69) is 10.0 Å². The van der Waals surface area contributed by atoms with Gasteiger partial charge < -0.3 is 10.4 Å². The molecule has 1 atom stereocenters. The van der Waals surface area contributed by atoms with E-state index in [-0.39, 0.29) is 18.0 Å². The quantitative estimate of drug-likeness (QED) is 0.740. The summed E-state index contributed by atoms with van der Waals surface area (Å²) in [7, 11) is -3.30. The normalized spacial score (nSPS) is 19.9. The molecular formula is C14H22N2O3S. The molecule has 5 nitrogen and oxygen atoms in total. The summed E-state index contributed by atoms with van der Waals surface area (Å²) >= 11 is 0. The highest BCUT2D eigenvalue weighted by Crippen LogP contribution is 2.15. The largest absolute Gasteiger partial charge is 0.508 e. The van der Waals surface area contributed by atoms with Gasteiger partial charge in [-0.05, 0) is 31.9 Å². The van der Waals surface area contributed by atoms with Crippen LogP contribution < -0.4 is 10.0 Å². The van der Waals surface area contributed by atoms with Crippen LogP contribution in [0.2, 0.25) is 0 Å². The summed E-state index contributed by atoms with van der Waals surface area (Å²) in [5.74, 6) is 0.238. The molecule has 1 aliphatic heterocycles. The fourth-order valence-corrected chi connectivity index (χ4v) is 3.50. The molecule has 1 aromatic rings. The standard InChI is InChI=1S/C14H22N2O3S/c17-14-7-2-1-5-12(14)11-16-20(18,19)10-8-13-6-3-4-9-15-13/h1-2,5,7,13,15-17H,3-4,6,8-11H2. The van der Waals surface area contributed by atoms with Crippen LogP contribution in [0.5, 0.6) is 5.75 Å². The van der Waals surface area contributed by atoms with Gasteiger partial charge in [-0.2, -0.15) is 0 Å². The zero-order chi connectivity index (χ0) is 14.4. The van der Waals surface area contributed by atoms with Crippen molar-refractivity contribution in [2.45, 2.75) is 38.3 Å². The van der Waals surface area contributed by atoms with Crippen molar-refractivity contribution in [3.8, 4) is 5.75 Å². The number of para-hydroxylation sites is 1. The van der Waals surface area contributed by atoms with Crippen LogP contribution in [0.3, 0.4) is 0 Å². The average molecular weight is 298 g/mol. The van der Waals surface area contributed by atoms with Crippen molar-refractivity contribution in [2.75, 3.05) is 12.3 Å². The molecule has 112 valence electrons. The summed E-state index contributed by atoms with van der Waals surface area (Å²) in [6, 6.07) is 7.05. The zero-order valence-electron chi connectivity index (χ0n) is 11.5. The van der Waals surface area contributed by atoms with Gasteiger partial charge in [0.2, 0.25) is 10.0 Å². The van der Waals surface area contributed by atoms with Crippen LogP contribution in [0.25, 0.3) is 0 Å². The molecule has 20 heavy (non-hydrogen) atoms. The van der Waals surface area contributed by atoms with Crippen LogP contribution in [-0.2, 0) is 16.6 Å². The van der Waals surface area contributed by atoms with Gasteiger partial charge in [-0.15, -0.1) is 0 Å². The molecule has 1 aliphatic rings. The number of hydrogen-bond donors (Lipinski definition) is 3. The Morgan fingerprint density at radius 3 is 2.80 bits per heavy atom. The van der Waals surface area contributed by atoms with Crippen molar-refractivity contribution in [3.05, 3.63) is 29.8 Å². The van der Waals surface area contributed by atoms with Gasteiger partial charge in [0, 0.05) is 18.2 Å². The smallest absolute Gasteiger partial charge is 0.211 e. The van der Waals surface area contributed by atoms with Crippen LogP contribution in [0.1, 0.15) is 31.2 Å². The highest BCUT2D eigenvalue weighted by Gasteiger charge is 2.17. The van der Waals surface area contributed by atoms with Crippen molar-refractivity contribution in [2.24, 2.45) is 0 Å². The Bertz CT molecular complexity index is 525. The molecule has 6 heteroatoms. The predicted octanol–water partition coefficient (Wildman–Crippen LogP) is 1.34. The van der Waals surface area contributed by atoms with Crippen molar-refractivity contribution in [3.63, 3.8) is 0 Å². The maximum Gasteiger partial charge on any atom is 0.211 e. The summed E-state index contributed by atoms with van der Waals surface area (Å²) in [5.41, 5.74) is 0.590. The van der Waals surface area contributed by atoms with E-state index in [1.165, 1.54) is 12.8 Å². The van der Waals surface area contributed by atoms with Crippen molar-refractivity contribution >= 4 is 10.0 Å². The van der Waals surface area contributed by atoms with E-state index in [1.54, 1.807) is 24.3 Å².